The Kier molecular flexibility index (Phi) is 7.00. The summed E-state index contributed by atoms with van der Waals surface area (Å²) in [4.78, 5) is 20.5. The summed E-state index contributed by atoms with van der Waals surface area (Å²) in [5, 5.41) is 13.7. The molecular formula is C22H28N6O2. The number of aromatic amines is 1. The predicted molar refractivity (Wildman–Crippen MR) is 116 cm³/mol. The number of carbonyl (C=O) groups is 1. The van der Waals surface area contributed by atoms with E-state index in [1.54, 1.807) is 12.4 Å². The van der Waals surface area contributed by atoms with E-state index in [1.165, 1.54) is 0 Å². The van der Waals surface area contributed by atoms with Gasteiger partial charge < -0.3 is 15.4 Å². The number of amides is 1. The molecule has 0 saturated carbocycles. The number of ether oxygens (including phenoxy) is 1. The molecule has 8 nitrogen and oxygen atoms in total. The van der Waals surface area contributed by atoms with E-state index in [2.05, 4.69) is 30.8 Å². The van der Waals surface area contributed by atoms with E-state index in [9.17, 15) is 4.79 Å². The summed E-state index contributed by atoms with van der Waals surface area (Å²) in [5.74, 6) is 1.36. The third kappa shape index (κ3) is 6.58. The first kappa shape index (κ1) is 21.3. The van der Waals surface area contributed by atoms with E-state index in [-0.39, 0.29) is 6.04 Å². The van der Waals surface area contributed by atoms with Crippen molar-refractivity contribution in [1.29, 1.82) is 0 Å². The van der Waals surface area contributed by atoms with E-state index in [0.29, 0.717) is 12.4 Å². The average Bonchev–Trinajstić information content (AvgIpc) is 3.20. The maximum absolute atomic E-state index is 11.8. The van der Waals surface area contributed by atoms with E-state index >= 15 is 0 Å². The van der Waals surface area contributed by atoms with Crippen LogP contribution in [0.4, 0.5) is 10.5 Å². The van der Waals surface area contributed by atoms with Crippen molar-refractivity contribution in [2.24, 2.45) is 0 Å². The third-order valence-corrected chi connectivity index (χ3v) is 4.22. The number of rotatable bonds is 8. The van der Waals surface area contributed by atoms with Gasteiger partial charge in [0.05, 0.1) is 6.04 Å². The lowest BCUT2D eigenvalue weighted by atomic mass is 10.1. The van der Waals surface area contributed by atoms with Gasteiger partial charge in [0.1, 0.15) is 11.4 Å². The van der Waals surface area contributed by atoms with E-state index in [1.807, 2.05) is 63.2 Å². The molecule has 1 atom stereocenters. The Bertz CT molecular complexity index is 922. The SMILES string of the molecule is CC(C)(C)OC(=O)NCCCC(Nc1ccccc1)c1nc(-c2ccncc2)n[nH]1. The van der Waals surface area contributed by atoms with Gasteiger partial charge in [-0.3, -0.25) is 10.1 Å². The van der Waals surface area contributed by atoms with Gasteiger partial charge in [-0.15, -0.1) is 0 Å². The summed E-state index contributed by atoms with van der Waals surface area (Å²) >= 11 is 0. The second-order valence-electron chi connectivity index (χ2n) is 7.91. The van der Waals surface area contributed by atoms with Gasteiger partial charge in [0.15, 0.2) is 5.82 Å². The number of anilines is 1. The maximum Gasteiger partial charge on any atom is 0.407 e. The van der Waals surface area contributed by atoms with Crippen LogP contribution in [0.1, 0.15) is 45.5 Å². The summed E-state index contributed by atoms with van der Waals surface area (Å²) < 4.78 is 5.28. The molecule has 0 aliphatic carbocycles. The Morgan fingerprint density at radius 3 is 2.57 bits per heavy atom. The van der Waals surface area contributed by atoms with Gasteiger partial charge in [-0.25, -0.2) is 9.78 Å². The van der Waals surface area contributed by atoms with Crippen molar-refractivity contribution in [1.82, 2.24) is 25.5 Å². The zero-order valence-electron chi connectivity index (χ0n) is 17.6. The van der Waals surface area contributed by atoms with Gasteiger partial charge in [-0.05, 0) is 57.9 Å². The minimum Gasteiger partial charge on any atom is -0.444 e. The van der Waals surface area contributed by atoms with Crippen molar-refractivity contribution in [3.05, 3.63) is 60.7 Å². The number of carbonyl (C=O) groups excluding carboxylic acids is 1. The van der Waals surface area contributed by atoms with Crippen molar-refractivity contribution >= 4 is 11.8 Å². The van der Waals surface area contributed by atoms with Gasteiger partial charge in [0.2, 0.25) is 0 Å². The van der Waals surface area contributed by atoms with Crippen LogP contribution in [0.15, 0.2) is 54.9 Å². The molecule has 0 bridgehead atoms. The number of H-pyrrole nitrogens is 1. The number of aromatic nitrogens is 4. The number of hydrogen-bond donors (Lipinski definition) is 3. The first-order valence-electron chi connectivity index (χ1n) is 10.0. The molecule has 1 aromatic carbocycles. The molecule has 0 spiro atoms. The van der Waals surface area contributed by atoms with Crippen molar-refractivity contribution in [2.75, 3.05) is 11.9 Å². The van der Waals surface area contributed by atoms with Gasteiger partial charge in [0.25, 0.3) is 0 Å². The van der Waals surface area contributed by atoms with Crippen LogP contribution in [-0.4, -0.2) is 38.4 Å². The molecule has 1 unspecified atom stereocenters. The molecule has 3 rings (SSSR count). The molecule has 2 heterocycles. The molecule has 0 radical (unpaired) electrons. The van der Waals surface area contributed by atoms with Crippen molar-refractivity contribution < 1.29 is 9.53 Å². The molecule has 1 amide bonds. The highest BCUT2D eigenvalue weighted by Crippen LogP contribution is 2.23. The van der Waals surface area contributed by atoms with Crippen LogP contribution in [0, 0.1) is 0 Å². The topological polar surface area (TPSA) is 105 Å². The Hall–Kier alpha value is -3.42. The quantitative estimate of drug-likeness (QED) is 0.479. The summed E-state index contributed by atoms with van der Waals surface area (Å²) in [5.41, 5.74) is 1.38. The number of nitrogens with zero attached hydrogens (tertiary/aromatic N) is 3. The minimum absolute atomic E-state index is 0.0871. The van der Waals surface area contributed by atoms with Crippen LogP contribution in [0.25, 0.3) is 11.4 Å². The van der Waals surface area contributed by atoms with Gasteiger partial charge in [-0.1, -0.05) is 18.2 Å². The lowest BCUT2D eigenvalue weighted by Crippen LogP contribution is -2.33. The Labute approximate surface area is 176 Å². The highest BCUT2D eigenvalue weighted by Gasteiger charge is 2.18. The molecule has 2 aromatic heterocycles. The molecule has 0 fully saturated rings. The highest BCUT2D eigenvalue weighted by atomic mass is 16.6. The Morgan fingerprint density at radius 1 is 1.13 bits per heavy atom. The number of para-hydroxylation sites is 1. The predicted octanol–water partition coefficient (Wildman–Crippen LogP) is 4.32. The molecule has 8 heteroatoms. The molecule has 30 heavy (non-hydrogen) atoms. The number of benzene rings is 1. The lowest BCUT2D eigenvalue weighted by Gasteiger charge is -2.20. The number of pyridine rings is 1. The van der Waals surface area contributed by atoms with Crippen molar-refractivity contribution in [3.63, 3.8) is 0 Å². The van der Waals surface area contributed by atoms with Crippen LogP contribution < -0.4 is 10.6 Å². The first-order chi connectivity index (χ1) is 14.4. The zero-order chi connectivity index (χ0) is 21.4. The normalized spacial score (nSPS) is 12.2. The van der Waals surface area contributed by atoms with Gasteiger partial charge >= 0.3 is 6.09 Å². The monoisotopic (exact) mass is 408 g/mol. The minimum atomic E-state index is -0.509. The Balaban J connectivity index is 1.64. The van der Waals surface area contributed by atoms with Crippen LogP contribution in [-0.2, 0) is 4.74 Å². The van der Waals surface area contributed by atoms with E-state index in [0.717, 1.165) is 29.9 Å². The smallest absolute Gasteiger partial charge is 0.407 e. The Morgan fingerprint density at radius 2 is 1.87 bits per heavy atom. The summed E-state index contributed by atoms with van der Waals surface area (Å²) in [6.07, 6.45) is 4.51. The molecule has 158 valence electrons. The largest absolute Gasteiger partial charge is 0.444 e. The second kappa shape index (κ2) is 9.87. The van der Waals surface area contributed by atoms with Crippen LogP contribution in [0.2, 0.25) is 0 Å². The van der Waals surface area contributed by atoms with Crippen LogP contribution in [0.3, 0.4) is 0 Å². The second-order valence-corrected chi connectivity index (χ2v) is 7.91. The molecule has 0 saturated heterocycles. The number of hydrogen-bond acceptors (Lipinski definition) is 6. The average molecular weight is 409 g/mol. The molecule has 3 N–H and O–H groups in total. The fraction of sp³-hybridized carbons (Fsp3) is 0.364. The van der Waals surface area contributed by atoms with Gasteiger partial charge in [0, 0.05) is 30.2 Å². The fourth-order valence-electron chi connectivity index (χ4n) is 2.88. The van der Waals surface area contributed by atoms with Crippen LogP contribution >= 0.6 is 0 Å². The van der Waals surface area contributed by atoms with Gasteiger partial charge in [-0.2, -0.15) is 5.10 Å². The maximum atomic E-state index is 11.8. The van der Waals surface area contributed by atoms with Crippen LogP contribution in [0.5, 0.6) is 0 Å². The lowest BCUT2D eigenvalue weighted by molar-refractivity contribution is 0.0527. The third-order valence-electron chi connectivity index (χ3n) is 4.22. The molecule has 0 aliphatic heterocycles. The van der Waals surface area contributed by atoms with Crippen molar-refractivity contribution in [2.45, 2.75) is 45.3 Å². The molecular weight excluding hydrogens is 380 g/mol. The number of alkyl carbamates (subject to hydrolysis) is 1. The van der Waals surface area contributed by atoms with E-state index in [4.69, 9.17) is 4.74 Å². The van der Waals surface area contributed by atoms with Crippen molar-refractivity contribution in [3.8, 4) is 11.4 Å². The zero-order valence-corrected chi connectivity index (χ0v) is 17.6. The summed E-state index contributed by atoms with van der Waals surface area (Å²) in [7, 11) is 0. The standard InChI is InChI=1S/C22H28N6O2/c1-22(2,3)30-21(29)24-13-7-10-18(25-17-8-5-4-6-9-17)20-26-19(27-28-20)16-11-14-23-15-12-16/h4-6,8-9,11-12,14-15,18,25H,7,10,13H2,1-3H3,(H,24,29)(H,26,27,28). The summed E-state index contributed by atoms with van der Waals surface area (Å²) in [6.45, 7) is 6.04. The summed E-state index contributed by atoms with van der Waals surface area (Å²) in [6, 6.07) is 13.6. The molecule has 0 aliphatic rings. The fourth-order valence-corrected chi connectivity index (χ4v) is 2.88. The first-order valence-corrected chi connectivity index (χ1v) is 10.0. The van der Waals surface area contributed by atoms with E-state index < -0.39 is 11.7 Å². The molecule has 3 aromatic rings. The highest BCUT2D eigenvalue weighted by molar-refractivity contribution is 5.67. The number of nitrogens with one attached hydrogen (secondary N) is 3.